The SMILES string of the molecule is c1ccc(-c2cccc(-c3nc(-c4cccc(-c5nc(-c6ccccc6)cc(-c6ccccc6)n5)c4)nc4c3sc3ccccc34)c2)cc1. The molecule has 0 unspecified atom stereocenters. The summed E-state index contributed by atoms with van der Waals surface area (Å²) in [4.78, 5) is 20.7. The summed E-state index contributed by atoms with van der Waals surface area (Å²) in [5.41, 5.74) is 10.9. The normalized spacial score (nSPS) is 11.3. The second kappa shape index (κ2) is 12.4. The topological polar surface area (TPSA) is 51.6 Å². The zero-order valence-corrected chi connectivity index (χ0v) is 27.2. The molecule has 0 amide bonds. The fourth-order valence-corrected chi connectivity index (χ4v) is 7.43. The van der Waals surface area contributed by atoms with Crippen LogP contribution in [0.2, 0.25) is 0 Å². The van der Waals surface area contributed by atoms with Crippen LogP contribution in [-0.4, -0.2) is 19.9 Å². The molecule has 9 rings (SSSR count). The van der Waals surface area contributed by atoms with Gasteiger partial charge >= 0.3 is 0 Å². The Morgan fingerprint density at radius 2 is 0.837 bits per heavy atom. The summed E-state index contributed by atoms with van der Waals surface area (Å²) in [6.45, 7) is 0. The van der Waals surface area contributed by atoms with E-state index >= 15 is 0 Å². The highest BCUT2D eigenvalue weighted by molar-refractivity contribution is 7.26. The Hall–Kier alpha value is -6.30. The van der Waals surface area contributed by atoms with Crippen molar-refractivity contribution in [2.45, 2.75) is 0 Å². The van der Waals surface area contributed by atoms with E-state index in [9.17, 15) is 0 Å². The molecular formula is C44H28N4S. The maximum Gasteiger partial charge on any atom is 0.160 e. The molecule has 230 valence electrons. The number of thiophene rings is 1. The molecule has 0 spiro atoms. The second-order valence-corrected chi connectivity index (χ2v) is 12.9. The van der Waals surface area contributed by atoms with Crippen LogP contribution >= 0.6 is 11.3 Å². The molecule has 0 saturated carbocycles. The van der Waals surface area contributed by atoms with Gasteiger partial charge in [0.1, 0.15) is 0 Å². The molecule has 5 heteroatoms. The van der Waals surface area contributed by atoms with Gasteiger partial charge in [0, 0.05) is 37.9 Å². The summed E-state index contributed by atoms with van der Waals surface area (Å²) in [7, 11) is 0. The number of benzene rings is 6. The van der Waals surface area contributed by atoms with Gasteiger partial charge in [0.15, 0.2) is 11.6 Å². The quantitative estimate of drug-likeness (QED) is 0.181. The molecule has 0 atom stereocenters. The Balaban J connectivity index is 1.22. The molecule has 6 aromatic carbocycles. The lowest BCUT2D eigenvalue weighted by Gasteiger charge is -2.11. The van der Waals surface area contributed by atoms with Crippen molar-refractivity contribution in [3.63, 3.8) is 0 Å². The number of nitrogens with zero attached hydrogens (tertiary/aromatic N) is 4. The van der Waals surface area contributed by atoms with Crippen molar-refractivity contribution in [3.05, 3.63) is 170 Å². The number of hydrogen-bond acceptors (Lipinski definition) is 5. The van der Waals surface area contributed by atoms with Crippen molar-refractivity contribution < 1.29 is 0 Å². The highest BCUT2D eigenvalue weighted by Crippen LogP contribution is 2.40. The van der Waals surface area contributed by atoms with E-state index in [1.54, 1.807) is 11.3 Å². The largest absolute Gasteiger partial charge is 0.228 e. The average Bonchev–Trinajstić information content (AvgIpc) is 3.57. The first-order chi connectivity index (χ1) is 24.3. The Morgan fingerprint density at radius 1 is 0.347 bits per heavy atom. The third kappa shape index (κ3) is 5.56. The van der Waals surface area contributed by atoms with Gasteiger partial charge < -0.3 is 0 Å². The molecule has 0 N–H and O–H groups in total. The average molecular weight is 645 g/mol. The van der Waals surface area contributed by atoms with Crippen LogP contribution < -0.4 is 0 Å². The van der Waals surface area contributed by atoms with Crippen molar-refractivity contribution in [2.75, 3.05) is 0 Å². The van der Waals surface area contributed by atoms with Gasteiger partial charge in [0.05, 0.1) is 27.3 Å². The fourth-order valence-electron chi connectivity index (χ4n) is 6.28. The minimum Gasteiger partial charge on any atom is -0.228 e. The summed E-state index contributed by atoms with van der Waals surface area (Å²) in [6, 6.07) is 58.5. The molecule has 0 aliphatic carbocycles. The third-order valence-corrected chi connectivity index (χ3v) is 9.87. The van der Waals surface area contributed by atoms with Crippen LogP contribution in [-0.2, 0) is 0 Å². The van der Waals surface area contributed by atoms with Crippen molar-refractivity contribution in [1.82, 2.24) is 19.9 Å². The van der Waals surface area contributed by atoms with Gasteiger partial charge in [-0.3, -0.25) is 0 Å². The van der Waals surface area contributed by atoms with Gasteiger partial charge in [0.25, 0.3) is 0 Å². The Bertz CT molecular complexity index is 2540. The van der Waals surface area contributed by atoms with Crippen LogP contribution in [0, 0.1) is 0 Å². The molecular weight excluding hydrogens is 617 g/mol. The lowest BCUT2D eigenvalue weighted by Crippen LogP contribution is -1.97. The Morgan fingerprint density at radius 3 is 1.49 bits per heavy atom. The van der Waals surface area contributed by atoms with Crippen LogP contribution in [0.25, 0.3) is 88.0 Å². The van der Waals surface area contributed by atoms with Crippen LogP contribution in [0.4, 0.5) is 0 Å². The van der Waals surface area contributed by atoms with Gasteiger partial charge in [-0.1, -0.05) is 146 Å². The third-order valence-electron chi connectivity index (χ3n) is 8.71. The van der Waals surface area contributed by atoms with E-state index in [0.29, 0.717) is 11.6 Å². The number of rotatable bonds is 6. The molecule has 0 aliphatic heterocycles. The number of hydrogen-bond donors (Lipinski definition) is 0. The van der Waals surface area contributed by atoms with Crippen LogP contribution in [0.3, 0.4) is 0 Å². The van der Waals surface area contributed by atoms with Gasteiger partial charge in [-0.2, -0.15) is 0 Å². The van der Waals surface area contributed by atoms with Crippen molar-refractivity contribution in [2.24, 2.45) is 0 Å². The fraction of sp³-hybridized carbons (Fsp3) is 0. The first kappa shape index (κ1) is 28.9. The summed E-state index contributed by atoms with van der Waals surface area (Å²) in [5, 5.41) is 1.13. The molecule has 9 aromatic rings. The Kier molecular flexibility index (Phi) is 7.30. The van der Waals surface area contributed by atoms with E-state index in [-0.39, 0.29) is 0 Å². The molecule has 4 nitrogen and oxygen atoms in total. The summed E-state index contributed by atoms with van der Waals surface area (Å²) >= 11 is 1.74. The summed E-state index contributed by atoms with van der Waals surface area (Å²) in [6.07, 6.45) is 0. The van der Waals surface area contributed by atoms with E-state index in [2.05, 4.69) is 121 Å². The van der Waals surface area contributed by atoms with E-state index in [1.165, 1.54) is 10.3 Å². The molecule has 0 radical (unpaired) electrons. The summed E-state index contributed by atoms with van der Waals surface area (Å²) < 4.78 is 2.27. The van der Waals surface area contributed by atoms with Crippen LogP contribution in [0.15, 0.2) is 170 Å². The molecule has 0 fully saturated rings. The highest BCUT2D eigenvalue weighted by Gasteiger charge is 2.18. The van der Waals surface area contributed by atoms with Gasteiger partial charge in [-0.25, -0.2) is 19.9 Å². The minimum absolute atomic E-state index is 0.653. The second-order valence-electron chi connectivity index (χ2n) is 11.9. The monoisotopic (exact) mass is 644 g/mol. The number of fused-ring (bicyclic) bond motifs is 3. The highest BCUT2D eigenvalue weighted by atomic mass is 32.1. The first-order valence-electron chi connectivity index (χ1n) is 16.2. The molecule has 0 saturated heterocycles. The van der Waals surface area contributed by atoms with Crippen LogP contribution in [0.5, 0.6) is 0 Å². The van der Waals surface area contributed by atoms with Gasteiger partial charge in [-0.15, -0.1) is 11.3 Å². The molecule has 3 heterocycles. The lowest BCUT2D eigenvalue weighted by atomic mass is 10.0. The molecule has 49 heavy (non-hydrogen) atoms. The van der Waals surface area contributed by atoms with Gasteiger partial charge in [-0.05, 0) is 35.4 Å². The predicted octanol–water partition coefficient (Wildman–Crippen LogP) is 11.6. The van der Waals surface area contributed by atoms with Gasteiger partial charge in [0.2, 0.25) is 0 Å². The summed E-state index contributed by atoms with van der Waals surface area (Å²) in [5.74, 6) is 1.32. The maximum absolute atomic E-state index is 5.29. The van der Waals surface area contributed by atoms with E-state index in [4.69, 9.17) is 19.9 Å². The zero-order valence-electron chi connectivity index (χ0n) is 26.4. The smallest absolute Gasteiger partial charge is 0.160 e. The van der Waals surface area contributed by atoms with Crippen molar-refractivity contribution in [1.29, 1.82) is 0 Å². The molecule has 0 bridgehead atoms. The Labute approximate surface area is 288 Å². The van der Waals surface area contributed by atoms with E-state index in [0.717, 1.165) is 66.1 Å². The zero-order chi connectivity index (χ0) is 32.6. The van der Waals surface area contributed by atoms with E-state index < -0.39 is 0 Å². The van der Waals surface area contributed by atoms with E-state index in [1.807, 2.05) is 48.5 Å². The van der Waals surface area contributed by atoms with Crippen LogP contribution in [0.1, 0.15) is 0 Å². The molecule has 0 aliphatic rings. The standard InChI is InChI=1S/C44H28N4S/c1-4-14-29(15-5-1)32-20-12-21-33(26-32)40-42-41(36-24-10-11-25-39(36)49-42)48-44(47-40)35-23-13-22-34(27-35)43-45-37(30-16-6-2-7-17-30)28-38(46-43)31-18-8-3-9-19-31/h1-28H. The number of aromatic nitrogens is 4. The minimum atomic E-state index is 0.653. The first-order valence-corrected chi connectivity index (χ1v) is 17.0. The molecule has 3 aromatic heterocycles. The predicted molar refractivity (Wildman–Crippen MR) is 203 cm³/mol. The lowest BCUT2D eigenvalue weighted by molar-refractivity contribution is 1.18. The van der Waals surface area contributed by atoms with Crippen molar-refractivity contribution in [3.8, 4) is 67.7 Å². The van der Waals surface area contributed by atoms with Crippen molar-refractivity contribution >= 4 is 31.6 Å². The maximum atomic E-state index is 5.29.